The Labute approximate surface area is 83.2 Å². The molecule has 1 rings (SSSR count). The summed E-state index contributed by atoms with van der Waals surface area (Å²) < 4.78 is 0. The molecule has 0 fully saturated rings. The molecule has 0 aliphatic heterocycles. The Kier molecular flexibility index (Phi) is 3.63. The molecule has 0 bridgehead atoms. The van der Waals surface area contributed by atoms with Gasteiger partial charge in [0.25, 0.3) is 0 Å². The number of Topliss-reactive ketones (excluding diaryl/α,β-unsaturated/α-hetero) is 1. The van der Waals surface area contributed by atoms with Crippen LogP contribution < -0.4 is 0 Å². The largest absolute Gasteiger partial charge is 0.299 e. The summed E-state index contributed by atoms with van der Waals surface area (Å²) in [6, 6.07) is 2.11. The van der Waals surface area contributed by atoms with Crippen molar-refractivity contribution in [1.29, 1.82) is 0 Å². The number of carbonyl (C=O) groups excluding carboxylic acids is 1. The monoisotopic (exact) mass is 197 g/mol. The number of hydrogen-bond acceptors (Lipinski definition) is 3. The Morgan fingerprint density at radius 2 is 2.31 bits per heavy atom. The highest BCUT2D eigenvalue weighted by molar-refractivity contribution is 7.10. The third kappa shape index (κ3) is 3.28. The van der Waals surface area contributed by atoms with Crippen LogP contribution in [0.15, 0.2) is 11.4 Å². The van der Waals surface area contributed by atoms with Crippen molar-refractivity contribution in [2.45, 2.75) is 20.4 Å². The predicted octanol–water partition coefficient (Wildman–Crippen LogP) is 2.08. The SMILES string of the molecule is CC(=O)CN(C)Cc1sccc1C. The lowest BCUT2D eigenvalue weighted by Crippen LogP contribution is -2.23. The van der Waals surface area contributed by atoms with Crippen LogP contribution in [0.4, 0.5) is 0 Å². The molecule has 1 aromatic heterocycles. The fourth-order valence-corrected chi connectivity index (χ4v) is 2.23. The number of rotatable bonds is 4. The first-order valence-corrected chi connectivity index (χ1v) is 5.18. The van der Waals surface area contributed by atoms with Crippen molar-refractivity contribution in [2.75, 3.05) is 13.6 Å². The van der Waals surface area contributed by atoms with Gasteiger partial charge >= 0.3 is 0 Å². The van der Waals surface area contributed by atoms with Gasteiger partial charge in [-0.3, -0.25) is 9.69 Å². The van der Waals surface area contributed by atoms with Crippen molar-refractivity contribution >= 4 is 17.1 Å². The zero-order chi connectivity index (χ0) is 9.84. The molecule has 0 atom stereocenters. The smallest absolute Gasteiger partial charge is 0.143 e. The standard InChI is InChI=1S/C10H15NOS/c1-8-4-5-13-10(8)7-11(3)6-9(2)12/h4-5H,6-7H2,1-3H3. The summed E-state index contributed by atoms with van der Waals surface area (Å²) in [5.41, 5.74) is 1.32. The van der Waals surface area contributed by atoms with E-state index in [1.165, 1.54) is 10.4 Å². The first-order valence-electron chi connectivity index (χ1n) is 4.30. The van der Waals surface area contributed by atoms with Gasteiger partial charge in [-0.1, -0.05) is 0 Å². The molecule has 0 radical (unpaired) electrons. The number of carbonyl (C=O) groups is 1. The Hall–Kier alpha value is -0.670. The molecule has 72 valence electrons. The molecule has 13 heavy (non-hydrogen) atoms. The van der Waals surface area contributed by atoms with Crippen LogP contribution in [0.3, 0.4) is 0 Å². The van der Waals surface area contributed by atoms with Crippen molar-refractivity contribution in [3.63, 3.8) is 0 Å². The highest BCUT2D eigenvalue weighted by atomic mass is 32.1. The Balaban J connectivity index is 2.49. The number of hydrogen-bond donors (Lipinski definition) is 0. The summed E-state index contributed by atoms with van der Waals surface area (Å²) in [4.78, 5) is 14.2. The van der Waals surface area contributed by atoms with Gasteiger partial charge in [0.2, 0.25) is 0 Å². The van der Waals surface area contributed by atoms with Crippen molar-refractivity contribution in [1.82, 2.24) is 4.90 Å². The summed E-state index contributed by atoms with van der Waals surface area (Å²) in [6.45, 7) is 5.14. The maximum atomic E-state index is 10.8. The van der Waals surface area contributed by atoms with E-state index < -0.39 is 0 Å². The van der Waals surface area contributed by atoms with Crippen molar-refractivity contribution in [2.24, 2.45) is 0 Å². The summed E-state index contributed by atoms with van der Waals surface area (Å²) in [6.07, 6.45) is 0. The third-order valence-corrected chi connectivity index (χ3v) is 2.88. The van der Waals surface area contributed by atoms with E-state index in [1.807, 2.05) is 11.9 Å². The Morgan fingerprint density at radius 3 is 2.77 bits per heavy atom. The molecule has 0 N–H and O–H groups in total. The van der Waals surface area contributed by atoms with Crippen molar-refractivity contribution < 1.29 is 4.79 Å². The van der Waals surface area contributed by atoms with Crippen LogP contribution in [0.2, 0.25) is 0 Å². The molecule has 0 amide bonds. The second kappa shape index (κ2) is 4.53. The van der Waals surface area contributed by atoms with Gasteiger partial charge in [0.15, 0.2) is 0 Å². The molecule has 1 heterocycles. The van der Waals surface area contributed by atoms with Gasteiger partial charge in [0.1, 0.15) is 5.78 Å². The summed E-state index contributed by atoms with van der Waals surface area (Å²) >= 11 is 1.75. The zero-order valence-corrected chi connectivity index (χ0v) is 9.15. The van der Waals surface area contributed by atoms with E-state index in [-0.39, 0.29) is 5.78 Å². The van der Waals surface area contributed by atoms with E-state index in [1.54, 1.807) is 18.3 Å². The average molecular weight is 197 g/mol. The zero-order valence-electron chi connectivity index (χ0n) is 8.33. The van der Waals surface area contributed by atoms with Crippen LogP contribution in [-0.2, 0) is 11.3 Å². The van der Waals surface area contributed by atoms with E-state index in [0.717, 1.165) is 6.54 Å². The quantitative estimate of drug-likeness (QED) is 0.736. The number of thiophene rings is 1. The minimum absolute atomic E-state index is 0.219. The molecular weight excluding hydrogens is 182 g/mol. The van der Waals surface area contributed by atoms with Crippen LogP contribution >= 0.6 is 11.3 Å². The van der Waals surface area contributed by atoms with E-state index >= 15 is 0 Å². The molecule has 0 aliphatic carbocycles. The lowest BCUT2D eigenvalue weighted by Gasteiger charge is -2.13. The van der Waals surface area contributed by atoms with Gasteiger partial charge in [-0.25, -0.2) is 0 Å². The van der Waals surface area contributed by atoms with E-state index in [0.29, 0.717) is 6.54 Å². The van der Waals surface area contributed by atoms with Gasteiger partial charge in [0, 0.05) is 11.4 Å². The second-order valence-electron chi connectivity index (χ2n) is 3.40. The first-order chi connectivity index (χ1) is 6.09. The number of ketones is 1. The maximum Gasteiger partial charge on any atom is 0.143 e. The minimum atomic E-state index is 0.219. The minimum Gasteiger partial charge on any atom is -0.299 e. The summed E-state index contributed by atoms with van der Waals surface area (Å²) in [5.74, 6) is 0.219. The van der Waals surface area contributed by atoms with Crippen LogP contribution in [0.1, 0.15) is 17.4 Å². The van der Waals surface area contributed by atoms with Crippen molar-refractivity contribution in [3.05, 3.63) is 21.9 Å². The maximum absolute atomic E-state index is 10.8. The highest BCUT2D eigenvalue weighted by Crippen LogP contribution is 2.16. The van der Waals surface area contributed by atoms with Gasteiger partial charge in [-0.2, -0.15) is 0 Å². The third-order valence-electron chi connectivity index (χ3n) is 1.87. The van der Waals surface area contributed by atoms with E-state index in [9.17, 15) is 4.79 Å². The predicted molar refractivity (Wildman–Crippen MR) is 56.1 cm³/mol. The van der Waals surface area contributed by atoms with Crippen LogP contribution in [0.25, 0.3) is 0 Å². The van der Waals surface area contributed by atoms with Crippen molar-refractivity contribution in [3.8, 4) is 0 Å². The molecule has 0 aliphatic rings. The molecule has 0 aromatic carbocycles. The lowest BCUT2D eigenvalue weighted by molar-refractivity contribution is -0.117. The summed E-state index contributed by atoms with van der Waals surface area (Å²) in [7, 11) is 1.97. The molecule has 2 nitrogen and oxygen atoms in total. The lowest BCUT2D eigenvalue weighted by atomic mass is 10.3. The normalized spacial score (nSPS) is 10.8. The van der Waals surface area contributed by atoms with Crippen LogP contribution in [0, 0.1) is 6.92 Å². The second-order valence-corrected chi connectivity index (χ2v) is 4.40. The first kappa shape index (κ1) is 10.4. The number of nitrogens with zero attached hydrogens (tertiary/aromatic N) is 1. The molecule has 3 heteroatoms. The molecule has 0 saturated heterocycles. The molecule has 1 aromatic rings. The molecule has 0 spiro atoms. The summed E-state index contributed by atoms with van der Waals surface area (Å²) in [5, 5.41) is 2.09. The molecular formula is C10H15NOS. The average Bonchev–Trinajstić information content (AvgIpc) is 2.34. The van der Waals surface area contributed by atoms with E-state index in [2.05, 4.69) is 18.4 Å². The number of aryl methyl sites for hydroxylation is 1. The van der Waals surface area contributed by atoms with E-state index in [4.69, 9.17) is 0 Å². The Morgan fingerprint density at radius 1 is 1.62 bits per heavy atom. The van der Waals surface area contributed by atoms with Gasteiger partial charge in [0.05, 0.1) is 6.54 Å². The molecule has 0 saturated carbocycles. The van der Waals surface area contributed by atoms with Crippen LogP contribution in [-0.4, -0.2) is 24.3 Å². The van der Waals surface area contributed by atoms with Gasteiger partial charge in [-0.05, 0) is 37.9 Å². The van der Waals surface area contributed by atoms with Crippen LogP contribution in [0.5, 0.6) is 0 Å². The fraction of sp³-hybridized carbons (Fsp3) is 0.500. The van der Waals surface area contributed by atoms with Gasteiger partial charge in [-0.15, -0.1) is 11.3 Å². The Bertz CT molecular complexity index is 293. The highest BCUT2D eigenvalue weighted by Gasteiger charge is 2.05. The topological polar surface area (TPSA) is 20.3 Å². The molecule has 0 unspecified atom stereocenters. The number of likely N-dealkylation sites (N-methyl/N-ethyl adjacent to an activating group) is 1. The fourth-order valence-electron chi connectivity index (χ4n) is 1.25. The van der Waals surface area contributed by atoms with Gasteiger partial charge < -0.3 is 0 Å².